The highest BCUT2D eigenvalue weighted by Gasteiger charge is 2.14. The number of carboxylic acids is 1. The van der Waals surface area contributed by atoms with Crippen LogP contribution < -0.4 is 0 Å². The summed E-state index contributed by atoms with van der Waals surface area (Å²) in [5, 5.41) is 8.63. The number of carbonyl (C=O) groups is 2. The SMILES string of the molecule is CCN(Cc1ccccc1)C(=O)/C(C)=C/C(=O)O. The molecule has 0 aromatic heterocycles. The largest absolute Gasteiger partial charge is 0.478 e. The molecule has 0 bridgehead atoms. The third-order valence-corrected chi connectivity index (χ3v) is 2.56. The Morgan fingerprint density at radius 1 is 1.28 bits per heavy atom. The fraction of sp³-hybridized carbons (Fsp3) is 0.286. The van der Waals surface area contributed by atoms with E-state index in [4.69, 9.17) is 5.11 Å². The molecule has 0 fully saturated rings. The summed E-state index contributed by atoms with van der Waals surface area (Å²) in [6.45, 7) is 4.42. The predicted octanol–water partition coefficient (Wildman–Crippen LogP) is 2.07. The number of amides is 1. The fourth-order valence-electron chi connectivity index (χ4n) is 1.63. The molecule has 1 aromatic rings. The molecule has 0 aliphatic carbocycles. The number of carboxylic acid groups (broad SMARTS) is 1. The molecule has 1 aromatic carbocycles. The van der Waals surface area contributed by atoms with E-state index in [0.717, 1.165) is 11.6 Å². The molecule has 96 valence electrons. The Balaban J connectivity index is 2.78. The van der Waals surface area contributed by atoms with Gasteiger partial charge in [0.2, 0.25) is 5.91 Å². The third-order valence-electron chi connectivity index (χ3n) is 2.56. The van der Waals surface area contributed by atoms with Gasteiger partial charge in [-0.25, -0.2) is 4.79 Å². The van der Waals surface area contributed by atoms with E-state index in [-0.39, 0.29) is 11.5 Å². The second-order valence-electron chi connectivity index (χ2n) is 3.97. The molecule has 18 heavy (non-hydrogen) atoms. The van der Waals surface area contributed by atoms with Crippen LogP contribution in [0.4, 0.5) is 0 Å². The molecule has 0 unspecified atom stereocenters. The zero-order chi connectivity index (χ0) is 13.5. The summed E-state index contributed by atoms with van der Waals surface area (Å²) in [6, 6.07) is 9.61. The van der Waals surface area contributed by atoms with Crippen molar-refractivity contribution in [1.82, 2.24) is 4.90 Å². The lowest BCUT2D eigenvalue weighted by Gasteiger charge is -2.21. The summed E-state index contributed by atoms with van der Waals surface area (Å²) in [7, 11) is 0. The smallest absolute Gasteiger partial charge is 0.328 e. The van der Waals surface area contributed by atoms with E-state index >= 15 is 0 Å². The van der Waals surface area contributed by atoms with Crippen LogP contribution in [0.3, 0.4) is 0 Å². The number of likely N-dealkylation sites (N-methyl/N-ethyl adjacent to an activating group) is 1. The monoisotopic (exact) mass is 247 g/mol. The molecule has 1 rings (SSSR count). The van der Waals surface area contributed by atoms with Crippen molar-refractivity contribution < 1.29 is 14.7 Å². The number of rotatable bonds is 5. The lowest BCUT2D eigenvalue weighted by atomic mass is 10.2. The summed E-state index contributed by atoms with van der Waals surface area (Å²) in [5.74, 6) is -1.35. The van der Waals surface area contributed by atoms with Crippen molar-refractivity contribution in [2.75, 3.05) is 6.54 Å². The van der Waals surface area contributed by atoms with Crippen LogP contribution in [0.5, 0.6) is 0 Å². The minimum atomic E-state index is -1.10. The van der Waals surface area contributed by atoms with Crippen molar-refractivity contribution in [3.05, 3.63) is 47.5 Å². The van der Waals surface area contributed by atoms with Crippen molar-refractivity contribution in [2.45, 2.75) is 20.4 Å². The van der Waals surface area contributed by atoms with E-state index in [1.54, 1.807) is 4.90 Å². The van der Waals surface area contributed by atoms with E-state index in [1.165, 1.54) is 6.92 Å². The van der Waals surface area contributed by atoms with Crippen LogP contribution in [0.15, 0.2) is 42.0 Å². The standard InChI is InChI=1S/C14H17NO3/c1-3-15(10-12-7-5-4-6-8-12)14(18)11(2)9-13(16)17/h4-9H,3,10H2,1-2H3,(H,16,17)/b11-9+. The highest BCUT2D eigenvalue weighted by molar-refractivity contribution is 5.98. The van der Waals surface area contributed by atoms with Crippen molar-refractivity contribution in [3.63, 3.8) is 0 Å². The highest BCUT2D eigenvalue weighted by atomic mass is 16.4. The van der Waals surface area contributed by atoms with Crippen molar-refractivity contribution in [3.8, 4) is 0 Å². The minimum absolute atomic E-state index is 0.236. The Morgan fingerprint density at radius 3 is 2.39 bits per heavy atom. The van der Waals surface area contributed by atoms with Gasteiger partial charge in [0.25, 0.3) is 0 Å². The third kappa shape index (κ3) is 4.05. The quantitative estimate of drug-likeness (QED) is 0.810. The normalized spacial score (nSPS) is 11.1. The number of hydrogen-bond donors (Lipinski definition) is 1. The van der Waals surface area contributed by atoms with Crippen LogP contribution in [0.2, 0.25) is 0 Å². The number of aliphatic carboxylic acids is 1. The Morgan fingerprint density at radius 2 is 1.89 bits per heavy atom. The van der Waals surface area contributed by atoms with E-state index in [2.05, 4.69) is 0 Å². The van der Waals surface area contributed by atoms with Crippen LogP contribution >= 0.6 is 0 Å². The van der Waals surface area contributed by atoms with E-state index in [0.29, 0.717) is 13.1 Å². The summed E-state index contributed by atoms with van der Waals surface area (Å²) in [5.41, 5.74) is 1.26. The lowest BCUT2D eigenvalue weighted by Crippen LogP contribution is -2.31. The first-order chi connectivity index (χ1) is 8.54. The molecule has 1 amide bonds. The maximum Gasteiger partial charge on any atom is 0.328 e. The Hall–Kier alpha value is -2.10. The van der Waals surface area contributed by atoms with Gasteiger partial charge in [-0.1, -0.05) is 30.3 Å². The van der Waals surface area contributed by atoms with Crippen molar-refractivity contribution >= 4 is 11.9 Å². The van der Waals surface area contributed by atoms with Crippen molar-refractivity contribution in [2.24, 2.45) is 0 Å². The maximum atomic E-state index is 12.0. The second-order valence-corrected chi connectivity index (χ2v) is 3.97. The second kappa shape index (κ2) is 6.59. The van der Waals surface area contributed by atoms with Gasteiger partial charge in [0.05, 0.1) is 0 Å². The molecule has 1 N–H and O–H groups in total. The summed E-state index contributed by atoms with van der Waals surface area (Å²) >= 11 is 0. The van der Waals surface area contributed by atoms with Gasteiger partial charge in [0.1, 0.15) is 0 Å². The summed E-state index contributed by atoms with van der Waals surface area (Å²) in [6.07, 6.45) is 0.940. The zero-order valence-corrected chi connectivity index (χ0v) is 10.6. The summed E-state index contributed by atoms with van der Waals surface area (Å²) < 4.78 is 0. The molecule has 0 aliphatic rings. The lowest BCUT2D eigenvalue weighted by molar-refractivity contribution is -0.132. The van der Waals surface area contributed by atoms with Gasteiger partial charge in [-0.05, 0) is 19.4 Å². The zero-order valence-electron chi connectivity index (χ0n) is 10.6. The molecule has 0 atom stereocenters. The van der Waals surface area contributed by atoms with Crippen LogP contribution in [0, 0.1) is 0 Å². The van der Waals surface area contributed by atoms with Crippen LogP contribution in [-0.2, 0) is 16.1 Å². The fourth-order valence-corrected chi connectivity index (χ4v) is 1.63. The number of nitrogens with zero attached hydrogens (tertiary/aromatic N) is 1. The van der Waals surface area contributed by atoms with Gasteiger partial charge in [0, 0.05) is 24.7 Å². The van der Waals surface area contributed by atoms with Gasteiger partial charge < -0.3 is 10.0 Å². The Kier molecular flexibility index (Phi) is 5.11. The predicted molar refractivity (Wildman–Crippen MR) is 68.9 cm³/mol. The molecule has 0 radical (unpaired) electrons. The van der Waals surface area contributed by atoms with Gasteiger partial charge in [-0.3, -0.25) is 4.79 Å². The molecule has 0 aliphatic heterocycles. The molecule has 0 spiro atoms. The van der Waals surface area contributed by atoms with Gasteiger partial charge in [0.15, 0.2) is 0 Å². The van der Waals surface area contributed by atoms with Crippen LogP contribution in [0.1, 0.15) is 19.4 Å². The summed E-state index contributed by atoms with van der Waals surface area (Å²) in [4.78, 5) is 24.2. The molecule has 4 nitrogen and oxygen atoms in total. The topological polar surface area (TPSA) is 57.6 Å². The molecule has 0 heterocycles. The van der Waals surface area contributed by atoms with Crippen molar-refractivity contribution in [1.29, 1.82) is 0 Å². The van der Waals surface area contributed by atoms with E-state index in [9.17, 15) is 9.59 Å². The molecular formula is C14H17NO3. The molecule has 0 saturated heterocycles. The Bertz CT molecular complexity index is 451. The van der Waals surface area contributed by atoms with Gasteiger partial charge >= 0.3 is 5.97 Å². The Labute approximate surface area is 107 Å². The number of hydrogen-bond acceptors (Lipinski definition) is 2. The first kappa shape index (κ1) is 14.0. The average molecular weight is 247 g/mol. The number of carbonyl (C=O) groups excluding carboxylic acids is 1. The van der Waals surface area contributed by atoms with E-state index < -0.39 is 5.97 Å². The molecule has 4 heteroatoms. The molecular weight excluding hydrogens is 230 g/mol. The van der Waals surface area contributed by atoms with Crippen LogP contribution in [-0.4, -0.2) is 28.4 Å². The number of benzene rings is 1. The van der Waals surface area contributed by atoms with Crippen LogP contribution in [0.25, 0.3) is 0 Å². The first-order valence-electron chi connectivity index (χ1n) is 5.79. The minimum Gasteiger partial charge on any atom is -0.478 e. The maximum absolute atomic E-state index is 12.0. The van der Waals surface area contributed by atoms with Gasteiger partial charge in [-0.15, -0.1) is 0 Å². The molecule has 0 saturated carbocycles. The highest BCUT2D eigenvalue weighted by Crippen LogP contribution is 2.08. The first-order valence-corrected chi connectivity index (χ1v) is 5.79. The van der Waals surface area contributed by atoms with Gasteiger partial charge in [-0.2, -0.15) is 0 Å². The average Bonchev–Trinajstić information content (AvgIpc) is 2.35. The van der Waals surface area contributed by atoms with E-state index in [1.807, 2.05) is 37.3 Å².